The van der Waals surface area contributed by atoms with E-state index < -0.39 is 0 Å². The first-order valence-electron chi connectivity index (χ1n) is 4.61. The Balaban J connectivity index is 2.17. The highest BCUT2D eigenvalue weighted by Gasteiger charge is 1.98. The molecule has 0 aliphatic heterocycles. The minimum absolute atomic E-state index is 0.501. The Labute approximate surface area is 87.7 Å². The van der Waals surface area contributed by atoms with Crippen LogP contribution in [-0.2, 0) is 6.54 Å². The lowest BCUT2D eigenvalue weighted by Crippen LogP contribution is -1.96. The Morgan fingerprint density at radius 2 is 2.20 bits per heavy atom. The lowest BCUT2D eigenvalue weighted by atomic mass is 10.2. The number of nitrogens with two attached hydrogens (primary N) is 1. The molecule has 4 heteroatoms. The number of hydrogen-bond acceptors (Lipinski definition) is 4. The van der Waals surface area contributed by atoms with Crippen molar-refractivity contribution in [3.05, 3.63) is 48.4 Å². The minimum Gasteiger partial charge on any atom is -0.439 e. The molecule has 1 aromatic carbocycles. The van der Waals surface area contributed by atoms with E-state index in [-0.39, 0.29) is 0 Å². The SMILES string of the molecule is NCc1cccc(Oc2ccncn2)c1. The smallest absolute Gasteiger partial charge is 0.222 e. The van der Waals surface area contributed by atoms with Crippen molar-refractivity contribution >= 4 is 0 Å². The number of rotatable bonds is 3. The summed E-state index contributed by atoms with van der Waals surface area (Å²) in [6, 6.07) is 9.31. The second-order valence-corrected chi connectivity index (χ2v) is 3.00. The molecule has 2 rings (SSSR count). The van der Waals surface area contributed by atoms with Crippen molar-refractivity contribution in [2.75, 3.05) is 0 Å². The Bertz CT molecular complexity index is 431. The molecule has 0 unspecified atom stereocenters. The summed E-state index contributed by atoms with van der Waals surface area (Å²) in [7, 11) is 0. The van der Waals surface area contributed by atoms with Gasteiger partial charge in [-0.3, -0.25) is 0 Å². The maximum Gasteiger partial charge on any atom is 0.222 e. The van der Waals surface area contributed by atoms with E-state index in [1.54, 1.807) is 12.3 Å². The third kappa shape index (κ3) is 2.51. The van der Waals surface area contributed by atoms with Crippen LogP contribution in [0.3, 0.4) is 0 Å². The third-order valence-electron chi connectivity index (χ3n) is 1.91. The molecule has 0 fully saturated rings. The summed E-state index contributed by atoms with van der Waals surface area (Å²) in [6.45, 7) is 0.501. The monoisotopic (exact) mass is 201 g/mol. The zero-order valence-corrected chi connectivity index (χ0v) is 8.13. The molecule has 0 aliphatic carbocycles. The van der Waals surface area contributed by atoms with E-state index in [2.05, 4.69) is 9.97 Å². The summed E-state index contributed by atoms with van der Waals surface area (Å²) >= 11 is 0. The zero-order chi connectivity index (χ0) is 10.5. The van der Waals surface area contributed by atoms with Crippen LogP contribution in [0.4, 0.5) is 0 Å². The molecule has 76 valence electrons. The first kappa shape index (κ1) is 9.61. The summed E-state index contributed by atoms with van der Waals surface area (Å²) in [4.78, 5) is 7.77. The second kappa shape index (κ2) is 4.52. The lowest BCUT2D eigenvalue weighted by Gasteiger charge is -2.04. The van der Waals surface area contributed by atoms with Gasteiger partial charge in [-0.05, 0) is 17.7 Å². The van der Waals surface area contributed by atoms with Crippen LogP contribution in [0, 0.1) is 0 Å². The molecule has 1 heterocycles. The van der Waals surface area contributed by atoms with Gasteiger partial charge in [0.15, 0.2) is 0 Å². The third-order valence-corrected chi connectivity index (χ3v) is 1.91. The molecular formula is C11H11N3O. The summed E-state index contributed by atoms with van der Waals surface area (Å²) < 4.78 is 5.51. The maximum absolute atomic E-state index is 5.53. The van der Waals surface area contributed by atoms with E-state index >= 15 is 0 Å². The summed E-state index contributed by atoms with van der Waals surface area (Å²) in [5.74, 6) is 1.26. The van der Waals surface area contributed by atoms with E-state index in [9.17, 15) is 0 Å². The molecule has 4 nitrogen and oxygen atoms in total. The topological polar surface area (TPSA) is 61.0 Å². The van der Waals surface area contributed by atoms with Crippen LogP contribution < -0.4 is 10.5 Å². The van der Waals surface area contributed by atoms with Crippen LogP contribution in [0.15, 0.2) is 42.9 Å². The van der Waals surface area contributed by atoms with Gasteiger partial charge >= 0.3 is 0 Å². The molecule has 1 aromatic heterocycles. The van der Waals surface area contributed by atoms with E-state index in [0.717, 1.165) is 11.3 Å². The predicted molar refractivity (Wildman–Crippen MR) is 56.4 cm³/mol. The maximum atomic E-state index is 5.53. The first-order chi connectivity index (χ1) is 7.38. The molecular weight excluding hydrogens is 190 g/mol. The van der Waals surface area contributed by atoms with Crippen LogP contribution in [0.1, 0.15) is 5.56 Å². The molecule has 0 aliphatic rings. The summed E-state index contributed by atoms with van der Waals surface area (Å²) in [6.07, 6.45) is 3.08. The molecule has 2 aromatic rings. The van der Waals surface area contributed by atoms with Crippen LogP contribution in [0.25, 0.3) is 0 Å². The molecule has 0 saturated carbocycles. The first-order valence-corrected chi connectivity index (χ1v) is 4.61. The lowest BCUT2D eigenvalue weighted by molar-refractivity contribution is 0.461. The van der Waals surface area contributed by atoms with Gasteiger partial charge in [0, 0.05) is 18.8 Å². The molecule has 0 saturated heterocycles. The second-order valence-electron chi connectivity index (χ2n) is 3.00. The zero-order valence-electron chi connectivity index (χ0n) is 8.13. The highest BCUT2D eigenvalue weighted by molar-refractivity contribution is 5.31. The van der Waals surface area contributed by atoms with Gasteiger partial charge in [0.2, 0.25) is 5.88 Å². The van der Waals surface area contributed by atoms with Crippen LogP contribution >= 0.6 is 0 Å². The van der Waals surface area contributed by atoms with Gasteiger partial charge in [0.1, 0.15) is 12.1 Å². The van der Waals surface area contributed by atoms with Gasteiger partial charge in [-0.1, -0.05) is 12.1 Å². The highest BCUT2D eigenvalue weighted by Crippen LogP contribution is 2.19. The number of nitrogens with zero attached hydrogens (tertiary/aromatic N) is 2. The molecule has 15 heavy (non-hydrogen) atoms. The van der Waals surface area contributed by atoms with Gasteiger partial charge in [0.25, 0.3) is 0 Å². The number of benzene rings is 1. The molecule has 0 atom stereocenters. The fraction of sp³-hybridized carbons (Fsp3) is 0.0909. The summed E-state index contributed by atoms with van der Waals surface area (Å²) in [5, 5.41) is 0. The van der Waals surface area contributed by atoms with Crippen LogP contribution in [0.2, 0.25) is 0 Å². The van der Waals surface area contributed by atoms with Gasteiger partial charge in [-0.15, -0.1) is 0 Å². The van der Waals surface area contributed by atoms with Gasteiger partial charge in [0.05, 0.1) is 0 Å². The number of aromatic nitrogens is 2. The summed E-state index contributed by atoms with van der Waals surface area (Å²) in [5.41, 5.74) is 6.56. The molecule has 0 bridgehead atoms. The Hall–Kier alpha value is -1.94. The van der Waals surface area contributed by atoms with Gasteiger partial charge < -0.3 is 10.5 Å². The largest absolute Gasteiger partial charge is 0.439 e. The van der Waals surface area contributed by atoms with Crippen LogP contribution in [-0.4, -0.2) is 9.97 Å². The van der Waals surface area contributed by atoms with Crippen molar-refractivity contribution < 1.29 is 4.74 Å². The van der Waals surface area contributed by atoms with Crippen molar-refractivity contribution in [1.82, 2.24) is 9.97 Å². The standard InChI is InChI=1S/C11H11N3O/c12-7-9-2-1-3-10(6-9)15-11-4-5-13-8-14-11/h1-6,8H,7,12H2. The number of hydrogen-bond donors (Lipinski definition) is 1. The van der Waals surface area contributed by atoms with Crippen molar-refractivity contribution in [3.8, 4) is 11.6 Å². The molecule has 2 N–H and O–H groups in total. The van der Waals surface area contributed by atoms with E-state index in [1.165, 1.54) is 6.33 Å². The van der Waals surface area contributed by atoms with Crippen molar-refractivity contribution in [1.29, 1.82) is 0 Å². The fourth-order valence-corrected chi connectivity index (χ4v) is 1.20. The highest BCUT2D eigenvalue weighted by atomic mass is 16.5. The van der Waals surface area contributed by atoms with Gasteiger partial charge in [-0.2, -0.15) is 0 Å². The van der Waals surface area contributed by atoms with E-state index in [0.29, 0.717) is 12.4 Å². The normalized spacial score (nSPS) is 9.93. The van der Waals surface area contributed by atoms with E-state index in [4.69, 9.17) is 10.5 Å². The Morgan fingerprint density at radius 1 is 1.27 bits per heavy atom. The van der Waals surface area contributed by atoms with Crippen molar-refractivity contribution in [2.24, 2.45) is 5.73 Å². The number of ether oxygens (including phenoxy) is 1. The fourth-order valence-electron chi connectivity index (χ4n) is 1.20. The Morgan fingerprint density at radius 3 is 2.93 bits per heavy atom. The van der Waals surface area contributed by atoms with Crippen LogP contribution in [0.5, 0.6) is 11.6 Å². The minimum atomic E-state index is 0.501. The average molecular weight is 201 g/mol. The molecule has 0 amide bonds. The average Bonchev–Trinajstić information content (AvgIpc) is 2.31. The van der Waals surface area contributed by atoms with Gasteiger partial charge in [-0.25, -0.2) is 9.97 Å². The van der Waals surface area contributed by atoms with Crippen molar-refractivity contribution in [3.63, 3.8) is 0 Å². The quantitative estimate of drug-likeness (QED) is 0.821. The molecule has 0 spiro atoms. The Kier molecular flexibility index (Phi) is 2.90. The predicted octanol–water partition coefficient (Wildman–Crippen LogP) is 1.73. The van der Waals surface area contributed by atoms with Crippen molar-refractivity contribution in [2.45, 2.75) is 6.54 Å². The van der Waals surface area contributed by atoms with E-state index in [1.807, 2.05) is 24.3 Å². The molecule has 0 radical (unpaired) electrons.